The van der Waals surface area contributed by atoms with Crippen LogP contribution in [-0.4, -0.2) is 67.3 Å². The highest BCUT2D eigenvalue weighted by Gasteiger charge is 2.73. The number of ether oxygens (including phenoxy) is 2. The van der Waals surface area contributed by atoms with Crippen molar-refractivity contribution in [3.8, 4) is 16.9 Å². The highest BCUT2D eigenvalue weighted by atomic mass is 16.6. The van der Waals surface area contributed by atoms with Crippen molar-refractivity contribution < 1.29 is 34.4 Å². The molecular formula is C53H61N3O7. The van der Waals surface area contributed by atoms with Gasteiger partial charge in [-0.25, -0.2) is 9.59 Å². The van der Waals surface area contributed by atoms with Crippen molar-refractivity contribution in [3.63, 3.8) is 0 Å². The molecule has 0 unspecified atom stereocenters. The van der Waals surface area contributed by atoms with Crippen LogP contribution in [0.25, 0.3) is 16.7 Å². The molecule has 10 nitrogen and oxygen atoms in total. The van der Waals surface area contributed by atoms with Crippen LogP contribution in [0.15, 0.2) is 113 Å². The third-order valence-corrected chi connectivity index (χ3v) is 16.3. The summed E-state index contributed by atoms with van der Waals surface area (Å²) in [6, 6.07) is 24.4. The Kier molecular flexibility index (Phi) is 11.3. The van der Waals surface area contributed by atoms with Crippen LogP contribution in [0, 0.1) is 40.4 Å². The van der Waals surface area contributed by atoms with E-state index in [1.54, 1.807) is 6.07 Å². The van der Waals surface area contributed by atoms with E-state index in [-0.39, 0.29) is 54.9 Å². The maximum Gasteiger partial charge on any atom is 0.340 e. The Morgan fingerprint density at radius 3 is 2.54 bits per heavy atom. The summed E-state index contributed by atoms with van der Waals surface area (Å²) in [5.74, 6) is 0.239. The van der Waals surface area contributed by atoms with Crippen molar-refractivity contribution in [2.24, 2.45) is 40.4 Å². The summed E-state index contributed by atoms with van der Waals surface area (Å²) in [7, 11) is 3.97. The Hall–Kier alpha value is -4.84. The summed E-state index contributed by atoms with van der Waals surface area (Å²) in [5, 5.41) is 42.9. The molecule has 2 spiro atoms. The molecule has 11 rings (SSSR count). The molecule has 0 radical (unpaired) electrons. The van der Waals surface area contributed by atoms with E-state index in [0.29, 0.717) is 60.7 Å². The molecule has 1 saturated carbocycles. The quantitative estimate of drug-likeness (QED) is 0.106. The summed E-state index contributed by atoms with van der Waals surface area (Å²) >= 11 is 0. The lowest BCUT2D eigenvalue weighted by atomic mass is 9.37. The lowest BCUT2D eigenvalue weighted by Gasteiger charge is -2.63. The van der Waals surface area contributed by atoms with Gasteiger partial charge in [0.25, 0.3) is 0 Å². The number of hydrogen-bond acceptors (Lipinski definition) is 10. The van der Waals surface area contributed by atoms with Crippen molar-refractivity contribution in [2.75, 3.05) is 33.9 Å². The predicted octanol–water partition coefficient (Wildman–Crippen LogP) is 7.64. The van der Waals surface area contributed by atoms with Crippen molar-refractivity contribution in [1.29, 1.82) is 0 Å². The molecule has 6 bridgehead atoms. The van der Waals surface area contributed by atoms with E-state index in [1.165, 1.54) is 5.56 Å². The average molecular weight is 852 g/mol. The Morgan fingerprint density at radius 1 is 0.889 bits per heavy atom. The van der Waals surface area contributed by atoms with Crippen LogP contribution in [0.2, 0.25) is 0 Å². The molecule has 3 fully saturated rings. The van der Waals surface area contributed by atoms with Crippen molar-refractivity contribution in [1.82, 2.24) is 16.0 Å². The summed E-state index contributed by atoms with van der Waals surface area (Å²) in [4.78, 5) is 30.0. The second-order valence-corrected chi connectivity index (χ2v) is 19.2. The lowest BCUT2D eigenvalue weighted by Crippen LogP contribution is -2.59. The summed E-state index contributed by atoms with van der Waals surface area (Å²) in [6.07, 6.45) is 12.4. The highest BCUT2D eigenvalue weighted by Crippen LogP contribution is 2.77. The number of aliphatic hydroxyl groups is 2. The maximum absolute atomic E-state index is 15.1. The number of aliphatic hydroxyl groups excluding tert-OH is 2. The molecule has 6 N–H and O–H groups in total. The number of phenols is 1. The predicted molar refractivity (Wildman–Crippen MR) is 241 cm³/mol. The van der Waals surface area contributed by atoms with Gasteiger partial charge in [0.05, 0.1) is 17.2 Å². The normalized spacial score (nSPS) is 31.8. The van der Waals surface area contributed by atoms with Gasteiger partial charge in [0, 0.05) is 36.3 Å². The van der Waals surface area contributed by atoms with Gasteiger partial charge >= 0.3 is 11.9 Å². The first-order chi connectivity index (χ1) is 30.7. The van der Waals surface area contributed by atoms with Crippen molar-refractivity contribution >= 4 is 17.5 Å². The number of benzene rings is 3. The van der Waals surface area contributed by atoms with E-state index in [2.05, 4.69) is 64.5 Å². The zero-order valence-corrected chi connectivity index (χ0v) is 36.5. The van der Waals surface area contributed by atoms with E-state index in [0.717, 1.165) is 78.5 Å². The van der Waals surface area contributed by atoms with E-state index >= 15 is 4.79 Å². The molecule has 2 saturated heterocycles. The number of hydrogen-bond donors (Lipinski definition) is 6. The number of rotatable bonds is 11. The van der Waals surface area contributed by atoms with Crippen molar-refractivity contribution in [3.05, 3.63) is 130 Å². The van der Waals surface area contributed by atoms with E-state index in [4.69, 9.17) is 9.47 Å². The van der Waals surface area contributed by atoms with Gasteiger partial charge in [-0.1, -0.05) is 54.6 Å². The molecule has 63 heavy (non-hydrogen) atoms. The topological polar surface area (TPSA) is 149 Å². The fourth-order valence-electron chi connectivity index (χ4n) is 13.5. The van der Waals surface area contributed by atoms with Gasteiger partial charge in [-0.15, -0.1) is 0 Å². The lowest BCUT2D eigenvalue weighted by molar-refractivity contribution is -0.136. The zero-order valence-electron chi connectivity index (χ0n) is 36.5. The number of piperidine rings is 1. The number of phenolic OH excluding ortho intramolecular Hbond substituents is 1. The second kappa shape index (κ2) is 16.9. The van der Waals surface area contributed by atoms with Crippen LogP contribution >= 0.6 is 0 Å². The van der Waals surface area contributed by atoms with Gasteiger partial charge in [-0.3, -0.25) is 0 Å². The fourth-order valence-corrected chi connectivity index (χ4v) is 13.5. The Balaban J connectivity index is 1.19. The summed E-state index contributed by atoms with van der Waals surface area (Å²) in [5.41, 5.74) is 6.77. The molecule has 10 heteroatoms. The number of allylic oxidation sites excluding steroid dienone is 5. The van der Waals surface area contributed by atoms with Crippen LogP contribution in [0.4, 0.5) is 0 Å². The Morgan fingerprint density at radius 2 is 1.75 bits per heavy atom. The first kappa shape index (κ1) is 42.1. The van der Waals surface area contributed by atoms with Crippen LogP contribution in [-0.2, 0) is 25.5 Å². The van der Waals surface area contributed by atoms with Gasteiger partial charge in [-0.2, -0.15) is 0 Å². The van der Waals surface area contributed by atoms with Gasteiger partial charge in [0.15, 0.2) is 0 Å². The second-order valence-electron chi connectivity index (χ2n) is 19.2. The fraction of sp³-hybridized carbons (Fsp3) is 0.472. The molecule has 8 aliphatic rings. The van der Waals surface area contributed by atoms with Crippen LogP contribution in [0.1, 0.15) is 86.9 Å². The molecule has 3 aromatic rings. The SMILES string of the molecule is CN[C@@H]1C[C@H]([C@H](CO)CC=C2OC(=O)C3=C2CC[C@@]24CC[C@@H](NC)c5cccc(c5)-c5ccc(O)cc5C5=C6C(=O)OC(=C[C@H](CCO)Cc7ccccc7)[C@]6(CC[C@@H]52)[C@@H]34)CCN1. The minimum Gasteiger partial charge on any atom is -0.508 e. The molecule has 0 amide bonds. The number of esters is 2. The number of carbonyl (C=O) groups excluding carboxylic acids is 2. The van der Waals surface area contributed by atoms with Gasteiger partial charge in [0.1, 0.15) is 17.3 Å². The third kappa shape index (κ3) is 6.95. The average Bonchev–Trinajstić information content (AvgIpc) is 3.78. The zero-order chi connectivity index (χ0) is 43.5. The summed E-state index contributed by atoms with van der Waals surface area (Å²) < 4.78 is 13.1. The van der Waals surface area contributed by atoms with E-state index in [1.807, 2.05) is 44.4 Å². The van der Waals surface area contributed by atoms with Crippen LogP contribution in [0.5, 0.6) is 5.75 Å². The van der Waals surface area contributed by atoms with Gasteiger partial charge < -0.3 is 40.7 Å². The van der Waals surface area contributed by atoms with E-state index in [9.17, 15) is 20.1 Å². The molecule has 3 heterocycles. The maximum atomic E-state index is 15.1. The van der Waals surface area contributed by atoms with Gasteiger partial charge in [-0.05, 0) is 184 Å². The minimum absolute atomic E-state index is 0.0219. The Labute approximate surface area is 370 Å². The number of aromatic hydroxyl groups is 1. The molecule has 3 aliphatic heterocycles. The monoisotopic (exact) mass is 851 g/mol. The minimum atomic E-state index is -0.990. The number of cyclic esters (lactones) is 2. The number of fused-ring (bicyclic) bond motifs is 5. The Bertz CT molecular complexity index is 2420. The molecule has 0 aromatic heterocycles. The van der Waals surface area contributed by atoms with Gasteiger partial charge in [0.2, 0.25) is 0 Å². The van der Waals surface area contributed by atoms with Crippen molar-refractivity contribution in [2.45, 2.75) is 82.8 Å². The van der Waals surface area contributed by atoms with Crippen LogP contribution in [0.3, 0.4) is 0 Å². The molecule has 3 aromatic carbocycles. The molecular weight excluding hydrogens is 791 g/mol. The van der Waals surface area contributed by atoms with Crippen LogP contribution < -0.4 is 16.0 Å². The summed E-state index contributed by atoms with van der Waals surface area (Å²) in [6.45, 7) is 0.902. The largest absolute Gasteiger partial charge is 0.508 e. The third-order valence-electron chi connectivity index (χ3n) is 16.3. The highest BCUT2D eigenvalue weighted by molar-refractivity contribution is 6.08. The molecule has 5 aliphatic carbocycles. The number of carbonyl (C=O) groups is 2. The number of nitrogens with one attached hydrogen (secondary N) is 3. The van der Waals surface area contributed by atoms with E-state index < -0.39 is 22.7 Å². The molecule has 330 valence electrons. The smallest absolute Gasteiger partial charge is 0.340 e. The standard InChI is InChI=1S/C53H61N3O7/c1-54-42-17-21-52-20-15-39-43(14-11-36(30-58)33-18-23-56-45(28-33)55-2)62-50(60)47(39)49(52)53-22-16-41(52)46(40-29-37(59)12-13-38(40)34-9-6-10-35(42)27-34)48(53)51(61)63-44(53)26-32(19-24-57)25-31-7-4-3-5-8-31/h3-10,12-14,26-27,29,32-33,36,41-42,45,49,54-59H,11,15-25,28,30H2,1-2H3/t32-,33-,36+,41+,42-,45+,49+,52-,53+/m1/s1. The first-order valence-corrected chi connectivity index (χ1v) is 23.3. The first-order valence-electron chi connectivity index (χ1n) is 23.3. The molecule has 9 atom stereocenters.